The molecule has 1 heterocycles. The van der Waals surface area contributed by atoms with Crippen LogP contribution in [0.5, 0.6) is 0 Å². The Morgan fingerprint density at radius 3 is 2.07 bits per heavy atom. The molecule has 0 aliphatic carbocycles. The molecule has 14 heavy (non-hydrogen) atoms. The highest BCUT2D eigenvalue weighted by molar-refractivity contribution is 7.12. The Bertz CT molecular complexity index is 272. The average molecular weight is 209 g/mol. The van der Waals surface area contributed by atoms with Crippen LogP contribution < -0.4 is 0 Å². The fourth-order valence-corrected chi connectivity index (χ4v) is 1.82. The van der Waals surface area contributed by atoms with Gasteiger partial charge in [-0.3, -0.25) is 0 Å². The van der Waals surface area contributed by atoms with Crippen LogP contribution in [-0.4, -0.2) is 4.98 Å². The molecule has 0 amide bonds. The summed E-state index contributed by atoms with van der Waals surface area (Å²) < 4.78 is 0. The van der Waals surface area contributed by atoms with Crippen molar-refractivity contribution in [2.75, 3.05) is 0 Å². The van der Waals surface area contributed by atoms with Crippen LogP contribution in [0.15, 0.2) is 13.2 Å². The molecule has 0 radical (unpaired) electrons. The summed E-state index contributed by atoms with van der Waals surface area (Å²) in [6.45, 7) is 15.7. The van der Waals surface area contributed by atoms with E-state index in [2.05, 4.69) is 32.0 Å². The Kier molecular flexibility index (Phi) is 6.13. The van der Waals surface area contributed by atoms with Gasteiger partial charge in [-0.1, -0.05) is 40.9 Å². The Hall–Kier alpha value is -0.890. The Morgan fingerprint density at radius 1 is 1.21 bits per heavy atom. The zero-order valence-corrected chi connectivity index (χ0v) is 10.3. The molecule has 2 heteroatoms. The largest absolute Gasteiger partial charge is 0.241 e. The van der Waals surface area contributed by atoms with E-state index in [9.17, 15) is 0 Å². The number of aromatic nitrogens is 1. The zero-order valence-electron chi connectivity index (χ0n) is 9.50. The molecule has 0 saturated heterocycles. The van der Waals surface area contributed by atoms with Gasteiger partial charge in [-0.25, -0.2) is 4.98 Å². The zero-order chi connectivity index (χ0) is 11.1. The lowest BCUT2D eigenvalue weighted by atomic mass is 10.2. The molecule has 1 nitrogen and oxygen atoms in total. The highest BCUT2D eigenvalue weighted by Gasteiger charge is 2.08. The van der Waals surface area contributed by atoms with Gasteiger partial charge < -0.3 is 0 Å². The average Bonchev–Trinajstić information content (AvgIpc) is 2.63. The van der Waals surface area contributed by atoms with Crippen molar-refractivity contribution in [3.05, 3.63) is 28.7 Å². The Labute approximate surface area is 91.2 Å². The summed E-state index contributed by atoms with van der Waals surface area (Å²) in [4.78, 5) is 5.55. The second kappa shape index (κ2) is 6.55. The molecule has 0 N–H and O–H groups in total. The van der Waals surface area contributed by atoms with Crippen LogP contribution in [0.2, 0.25) is 0 Å². The lowest BCUT2D eigenvalue weighted by Crippen LogP contribution is -1.84. The van der Waals surface area contributed by atoms with Gasteiger partial charge in [-0.15, -0.1) is 11.3 Å². The van der Waals surface area contributed by atoms with Gasteiger partial charge >= 0.3 is 0 Å². The van der Waals surface area contributed by atoms with Crippen molar-refractivity contribution in [2.45, 2.75) is 33.6 Å². The number of rotatable bonds is 3. The monoisotopic (exact) mass is 209 g/mol. The van der Waals surface area contributed by atoms with Crippen molar-refractivity contribution in [1.82, 2.24) is 4.98 Å². The molecular weight excluding hydrogens is 190 g/mol. The minimum Gasteiger partial charge on any atom is -0.241 e. The van der Waals surface area contributed by atoms with Crippen molar-refractivity contribution < 1.29 is 0 Å². The maximum Gasteiger partial charge on any atom is 0.0963 e. The lowest BCUT2D eigenvalue weighted by Gasteiger charge is -1.94. The molecular formula is C12H19NS. The topological polar surface area (TPSA) is 12.9 Å². The first-order valence-corrected chi connectivity index (χ1v) is 5.76. The summed E-state index contributed by atoms with van der Waals surface area (Å²) in [5.41, 5.74) is 0.957. The molecule has 0 saturated carbocycles. The Morgan fingerprint density at radius 2 is 1.79 bits per heavy atom. The second-order valence-electron chi connectivity index (χ2n) is 2.86. The van der Waals surface area contributed by atoms with E-state index in [-0.39, 0.29) is 0 Å². The first kappa shape index (κ1) is 13.1. The molecule has 0 aromatic carbocycles. The van der Waals surface area contributed by atoms with Crippen LogP contribution in [0.3, 0.4) is 0 Å². The standard InChI is InChI=1S/C10H13NS.C2H6/c1-5-8-9(6-2)12-10(11-8)7(3)4;1-2/h5-7H,1-2H2,3-4H3;1-2H3. The SMILES string of the molecule is C=Cc1nc(C(C)C)sc1C=C.CC. The fourth-order valence-electron chi connectivity index (χ4n) is 0.901. The second-order valence-corrected chi connectivity index (χ2v) is 3.93. The van der Waals surface area contributed by atoms with Gasteiger partial charge in [0, 0.05) is 5.92 Å². The van der Waals surface area contributed by atoms with Crippen LogP contribution >= 0.6 is 11.3 Å². The number of nitrogens with zero attached hydrogens (tertiary/aromatic N) is 1. The summed E-state index contributed by atoms with van der Waals surface area (Å²) in [6.07, 6.45) is 3.61. The summed E-state index contributed by atoms with van der Waals surface area (Å²) in [5.74, 6) is 0.488. The molecule has 0 atom stereocenters. The van der Waals surface area contributed by atoms with E-state index in [1.807, 2.05) is 19.9 Å². The van der Waals surface area contributed by atoms with Gasteiger partial charge in [0.2, 0.25) is 0 Å². The van der Waals surface area contributed by atoms with Crippen molar-refractivity contribution >= 4 is 23.5 Å². The van der Waals surface area contributed by atoms with Gasteiger partial charge in [0.1, 0.15) is 0 Å². The normalized spacial score (nSPS) is 9.21. The van der Waals surface area contributed by atoms with E-state index >= 15 is 0 Å². The molecule has 0 bridgehead atoms. The molecule has 1 aromatic heterocycles. The Balaban J connectivity index is 0.000000791. The number of hydrogen-bond donors (Lipinski definition) is 0. The highest BCUT2D eigenvalue weighted by Crippen LogP contribution is 2.26. The fraction of sp³-hybridized carbons (Fsp3) is 0.417. The molecule has 0 aliphatic rings. The quantitative estimate of drug-likeness (QED) is 0.710. The number of hydrogen-bond acceptors (Lipinski definition) is 2. The van der Waals surface area contributed by atoms with E-state index in [1.165, 1.54) is 0 Å². The predicted octanol–water partition coefficient (Wildman–Crippen LogP) is 4.58. The highest BCUT2D eigenvalue weighted by atomic mass is 32.1. The van der Waals surface area contributed by atoms with Crippen molar-refractivity contribution in [1.29, 1.82) is 0 Å². The summed E-state index contributed by atoms with van der Waals surface area (Å²) in [6, 6.07) is 0. The van der Waals surface area contributed by atoms with Gasteiger partial charge in [-0.05, 0) is 12.2 Å². The van der Waals surface area contributed by atoms with Gasteiger partial charge in [0.05, 0.1) is 15.6 Å². The van der Waals surface area contributed by atoms with Crippen LogP contribution in [-0.2, 0) is 0 Å². The minimum atomic E-state index is 0.488. The molecule has 0 fully saturated rings. The third-order valence-corrected chi connectivity index (χ3v) is 2.94. The molecule has 0 spiro atoms. The lowest BCUT2D eigenvalue weighted by molar-refractivity contribution is 0.851. The van der Waals surface area contributed by atoms with Crippen molar-refractivity contribution in [3.63, 3.8) is 0 Å². The predicted molar refractivity (Wildman–Crippen MR) is 67.7 cm³/mol. The summed E-state index contributed by atoms with van der Waals surface area (Å²) in [5, 5.41) is 1.15. The molecule has 78 valence electrons. The van der Waals surface area contributed by atoms with Crippen LogP contribution in [0.25, 0.3) is 12.2 Å². The van der Waals surface area contributed by atoms with Crippen LogP contribution in [0.4, 0.5) is 0 Å². The van der Waals surface area contributed by atoms with Crippen LogP contribution in [0, 0.1) is 0 Å². The van der Waals surface area contributed by atoms with Crippen molar-refractivity contribution in [2.24, 2.45) is 0 Å². The van der Waals surface area contributed by atoms with Gasteiger partial charge in [0.25, 0.3) is 0 Å². The minimum absolute atomic E-state index is 0.488. The first-order chi connectivity index (χ1) is 6.69. The van der Waals surface area contributed by atoms with Crippen molar-refractivity contribution in [3.8, 4) is 0 Å². The maximum atomic E-state index is 4.43. The molecule has 0 unspecified atom stereocenters. The van der Waals surface area contributed by atoms with E-state index in [4.69, 9.17) is 0 Å². The molecule has 1 aromatic rings. The molecule has 0 aliphatic heterocycles. The van der Waals surface area contributed by atoms with E-state index in [1.54, 1.807) is 17.4 Å². The van der Waals surface area contributed by atoms with Gasteiger partial charge in [-0.2, -0.15) is 0 Å². The summed E-state index contributed by atoms with van der Waals surface area (Å²) >= 11 is 1.69. The van der Waals surface area contributed by atoms with E-state index in [0.717, 1.165) is 15.6 Å². The van der Waals surface area contributed by atoms with E-state index in [0.29, 0.717) is 5.92 Å². The first-order valence-electron chi connectivity index (χ1n) is 4.94. The smallest absolute Gasteiger partial charge is 0.0963 e. The van der Waals surface area contributed by atoms with Gasteiger partial charge in [0.15, 0.2) is 0 Å². The maximum absolute atomic E-state index is 4.43. The third-order valence-electron chi connectivity index (χ3n) is 1.57. The summed E-state index contributed by atoms with van der Waals surface area (Å²) in [7, 11) is 0. The van der Waals surface area contributed by atoms with Crippen LogP contribution in [0.1, 0.15) is 49.2 Å². The molecule has 1 rings (SSSR count). The number of thiazole rings is 1. The van der Waals surface area contributed by atoms with E-state index < -0.39 is 0 Å². The third kappa shape index (κ3) is 3.11.